The third-order valence-electron chi connectivity index (χ3n) is 0.676. The quantitative estimate of drug-likeness (QED) is 0.295. The van der Waals surface area contributed by atoms with Crippen molar-refractivity contribution in [3.63, 3.8) is 0 Å². The summed E-state index contributed by atoms with van der Waals surface area (Å²) in [5.74, 6) is 0. The third-order valence-corrected chi connectivity index (χ3v) is 0.676. The summed E-state index contributed by atoms with van der Waals surface area (Å²) >= 11 is 0. The predicted molar refractivity (Wildman–Crippen MR) is 61.2 cm³/mol. The van der Waals surface area contributed by atoms with Crippen molar-refractivity contribution in [2.75, 3.05) is 26.4 Å². The van der Waals surface area contributed by atoms with Crippen LogP contribution in [0.4, 0.5) is 0 Å². The van der Waals surface area contributed by atoms with E-state index in [9.17, 15) is 0 Å². The van der Waals surface area contributed by atoms with Gasteiger partial charge in [-0.05, 0) is 0 Å². The van der Waals surface area contributed by atoms with Gasteiger partial charge >= 0.3 is 10.4 Å². The monoisotopic (exact) mass is 257 g/mol. The van der Waals surface area contributed by atoms with Crippen molar-refractivity contribution in [3.8, 4) is 0 Å². The maximum absolute atomic E-state index is 8.74. The predicted octanol–water partition coefficient (Wildman–Crippen LogP) is 0.901. The van der Waals surface area contributed by atoms with Crippen LogP contribution in [0.2, 0.25) is 0 Å². The van der Waals surface area contributed by atoms with Crippen LogP contribution in [0, 0.1) is 0 Å². The van der Waals surface area contributed by atoms with Gasteiger partial charge < -0.3 is 15.6 Å². The van der Waals surface area contributed by atoms with Gasteiger partial charge in [0.15, 0.2) is 0 Å². The molecule has 0 aromatic rings. The molecule has 1 saturated heterocycles. The average molecular weight is 257 g/mol. The zero-order valence-electron chi connectivity index (χ0n) is 9.04. The molecule has 16 heavy (non-hydrogen) atoms. The van der Waals surface area contributed by atoms with E-state index >= 15 is 0 Å². The molecular formula is C8H19NO6S. The van der Waals surface area contributed by atoms with Gasteiger partial charge in [-0.2, -0.15) is 8.42 Å². The Morgan fingerprint density at radius 1 is 1.19 bits per heavy atom. The minimum atomic E-state index is -4.67. The Labute approximate surface area is 95.9 Å². The number of hydrogen-bond donors (Lipinski definition) is 3. The van der Waals surface area contributed by atoms with Crippen molar-refractivity contribution in [1.82, 2.24) is 6.15 Å². The second kappa shape index (κ2) is 14.2. The van der Waals surface area contributed by atoms with Crippen molar-refractivity contribution in [2.24, 2.45) is 0 Å². The molecule has 7 nitrogen and oxygen atoms in total. The topological polar surface area (TPSA) is 131 Å². The van der Waals surface area contributed by atoms with Crippen LogP contribution >= 0.6 is 0 Å². The summed E-state index contributed by atoms with van der Waals surface area (Å²) in [5.41, 5.74) is 0. The summed E-state index contributed by atoms with van der Waals surface area (Å²) in [7, 11) is -4.67. The molecule has 0 radical (unpaired) electrons. The Balaban J connectivity index is -0.000000164. The number of hydrogen-bond acceptors (Lipinski definition) is 5. The smallest absolute Gasteiger partial charge is 0.377 e. The number of ether oxygens (including phenoxy) is 2. The summed E-state index contributed by atoms with van der Waals surface area (Å²) in [4.78, 5) is 0. The van der Waals surface area contributed by atoms with E-state index in [4.69, 9.17) is 22.3 Å². The van der Waals surface area contributed by atoms with Gasteiger partial charge in [0.2, 0.25) is 0 Å². The SMILES string of the molecule is C1CO1.C=CCOCC=C.N.O=S(=O)(O)O. The summed E-state index contributed by atoms with van der Waals surface area (Å²) in [5, 5.41) is 0. The minimum absolute atomic E-state index is 0. The molecule has 98 valence electrons. The molecule has 0 aromatic carbocycles. The molecule has 0 bridgehead atoms. The van der Waals surface area contributed by atoms with Gasteiger partial charge in [-0.1, -0.05) is 12.2 Å². The molecule has 0 aromatic heterocycles. The maximum Gasteiger partial charge on any atom is 0.394 e. The first-order valence-corrected chi connectivity index (χ1v) is 5.38. The zero-order valence-corrected chi connectivity index (χ0v) is 9.86. The third kappa shape index (κ3) is 111. The highest BCUT2D eigenvalue weighted by Crippen LogP contribution is 1.84. The van der Waals surface area contributed by atoms with Crippen LogP contribution in [0.1, 0.15) is 0 Å². The van der Waals surface area contributed by atoms with Gasteiger partial charge in [-0.15, -0.1) is 13.2 Å². The summed E-state index contributed by atoms with van der Waals surface area (Å²) in [6.45, 7) is 10.2. The van der Waals surface area contributed by atoms with Gasteiger partial charge in [0, 0.05) is 0 Å². The average Bonchev–Trinajstić information content (AvgIpc) is 2.87. The molecule has 8 heteroatoms. The molecule has 0 spiro atoms. The van der Waals surface area contributed by atoms with Gasteiger partial charge in [0.25, 0.3) is 0 Å². The molecule has 0 aliphatic carbocycles. The normalized spacial score (nSPS) is 11.6. The lowest BCUT2D eigenvalue weighted by atomic mass is 10.6. The first kappa shape index (κ1) is 20.6. The van der Waals surface area contributed by atoms with Crippen LogP contribution in [-0.2, 0) is 19.9 Å². The Morgan fingerprint density at radius 3 is 1.56 bits per heavy atom. The first-order valence-electron chi connectivity index (χ1n) is 3.99. The lowest BCUT2D eigenvalue weighted by molar-refractivity contribution is 0.194. The lowest BCUT2D eigenvalue weighted by Crippen LogP contribution is -1.89. The van der Waals surface area contributed by atoms with Crippen LogP contribution in [0.15, 0.2) is 25.3 Å². The highest BCUT2D eigenvalue weighted by atomic mass is 32.3. The van der Waals surface area contributed by atoms with Crippen LogP contribution in [0.25, 0.3) is 0 Å². The molecule has 0 amide bonds. The van der Waals surface area contributed by atoms with E-state index in [1.165, 1.54) is 0 Å². The largest absolute Gasteiger partial charge is 0.394 e. The fourth-order valence-corrected chi connectivity index (χ4v) is 0.235. The van der Waals surface area contributed by atoms with Crippen LogP contribution in [0.5, 0.6) is 0 Å². The van der Waals surface area contributed by atoms with Gasteiger partial charge in [0.1, 0.15) is 0 Å². The van der Waals surface area contributed by atoms with E-state index in [0.717, 1.165) is 13.2 Å². The Kier molecular flexibility index (Phi) is 18.3. The zero-order chi connectivity index (χ0) is 12.2. The second-order valence-corrected chi connectivity index (χ2v) is 3.07. The van der Waals surface area contributed by atoms with E-state index in [-0.39, 0.29) is 6.15 Å². The molecule has 1 aliphatic rings. The van der Waals surface area contributed by atoms with Crippen molar-refractivity contribution in [2.45, 2.75) is 0 Å². The van der Waals surface area contributed by atoms with Gasteiger partial charge in [-0.25, -0.2) is 0 Å². The molecule has 1 fully saturated rings. The van der Waals surface area contributed by atoms with Crippen LogP contribution in [-0.4, -0.2) is 44.0 Å². The Bertz CT molecular complexity index is 230. The lowest BCUT2D eigenvalue weighted by Gasteiger charge is -1.89. The highest BCUT2D eigenvalue weighted by molar-refractivity contribution is 7.79. The standard InChI is InChI=1S/C6H10O.C2H4O.H3N.H2O4S/c1-3-5-7-6-4-2;1-2-3-1;;1-5(2,3)4/h3-4H,1-2,5-6H2;1-2H2;1H3;(H2,1,2,3,4). The molecule has 5 N–H and O–H groups in total. The van der Waals surface area contributed by atoms with Crippen molar-refractivity contribution in [3.05, 3.63) is 25.3 Å². The molecular weight excluding hydrogens is 238 g/mol. The van der Waals surface area contributed by atoms with Crippen molar-refractivity contribution < 1.29 is 27.0 Å². The second-order valence-electron chi connectivity index (χ2n) is 2.18. The minimum Gasteiger partial charge on any atom is -0.377 e. The summed E-state index contributed by atoms with van der Waals surface area (Å²) in [6.07, 6.45) is 3.42. The molecule has 1 aliphatic heterocycles. The van der Waals surface area contributed by atoms with E-state index in [1.807, 2.05) is 0 Å². The Hall–Kier alpha value is -0.770. The van der Waals surface area contributed by atoms with Crippen LogP contribution in [0.3, 0.4) is 0 Å². The van der Waals surface area contributed by atoms with E-state index in [1.54, 1.807) is 12.2 Å². The first-order chi connectivity index (χ1) is 6.91. The van der Waals surface area contributed by atoms with Gasteiger partial charge in [0.05, 0.1) is 26.4 Å². The molecule has 0 atom stereocenters. The summed E-state index contributed by atoms with van der Waals surface area (Å²) in [6, 6.07) is 0. The molecule has 1 heterocycles. The fourth-order valence-electron chi connectivity index (χ4n) is 0.235. The van der Waals surface area contributed by atoms with Crippen molar-refractivity contribution >= 4 is 10.4 Å². The molecule has 0 saturated carbocycles. The van der Waals surface area contributed by atoms with Crippen molar-refractivity contribution in [1.29, 1.82) is 0 Å². The van der Waals surface area contributed by atoms with E-state index < -0.39 is 10.4 Å². The fraction of sp³-hybridized carbons (Fsp3) is 0.500. The molecule has 0 unspecified atom stereocenters. The number of rotatable bonds is 4. The van der Waals surface area contributed by atoms with Crippen LogP contribution < -0.4 is 6.15 Å². The van der Waals surface area contributed by atoms with E-state index in [2.05, 4.69) is 17.9 Å². The van der Waals surface area contributed by atoms with E-state index in [0.29, 0.717) is 13.2 Å². The highest BCUT2D eigenvalue weighted by Gasteiger charge is 1.94. The summed E-state index contributed by atoms with van der Waals surface area (Å²) < 4.78 is 41.0. The maximum atomic E-state index is 8.74. The Morgan fingerprint density at radius 2 is 1.44 bits per heavy atom. The molecule has 1 rings (SSSR count). The number of epoxide rings is 1. The van der Waals surface area contributed by atoms with Gasteiger partial charge in [-0.3, -0.25) is 9.11 Å².